The molecule has 0 aliphatic heterocycles. The van der Waals surface area contributed by atoms with E-state index in [0.29, 0.717) is 5.56 Å². The molecule has 4 nitrogen and oxygen atoms in total. The molecule has 1 heterocycles. The number of nitrogens with one attached hydrogen (secondary N) is 1. The first kappa shape index (κ1) is 9.78. The van der Waals surface area contributed by atoms with Gasteiger partial charge in [-0.3, -0.25) is 9.78 Å². The fraction of sp³-hybridized carbons (Fsp3) is 0.500. The molecule has 1 amide bonds. The predicted molar refractivity (Wildman–Crippen MR) is 57.8 cm³/mol. The molecule has 2 bridgehead atoms. The van der Waals surface area contributed by atoms with E-state index < -0.39 is 0 Å². The van der Waals surface area contributed by atoms with Crippen molar-refractivity contribution < 1.29 is 9.90 Å². The van der Waals surface area contributed by atoms with Crippen molar-refractivity contribution in [3.63, 3.8) is 0 Å². The number of aliphatic hydroxyl groups excluding tert-OH is 1. The summed E-state index contributed by atoms with van der Waals surface area (Å²) >= 11 is 0. The van der Waals surface area contributed by atoms with E-state index in [1.807, 2.05) is 0 Å². The average Bonchev–Trinajstić information content (AvgIpc) is 2.22. The topological polar surface area (TPSA) is 62.2 Å². The zero-order valence-electron chi connectivity index (χ0n) is 8.94. The molecule has 2 N–H and O–H groups in total. The Balaban J connectivity index is 1.64. The van der Waals surface area contributed by atoms with Gasteiger partial charge in [0.25, 0.3) is 5.91 Å². The van der Waals surface area contributed by atoms with Gasteiger partial charge >= 0.3 is 0 Å². The number of amides is 1. The van der Waals surface area contributed by atoms with E-state index in [4.69, 9.17) is 5.11 Å². The van der Waals surface area contributed by atoms with Crippen LogP contribution in [0.5, 0.6) is 0 Å². The number of hydrogen-bond acceptors (Lipinski definition) is 3. The molecular weight excluding hydrogens is 204 g/mol. The summed E-state index contributed by atoms with van der Waals surface area (Å²) in [5, 5.41) is 12.2. The van der Waals surface area contributed by atoms with E-state index in [9.17, 15) is 4.79 Å². The van der Waals surface area contributed by atoms with E-state index in [1.165, 1.54) is 0 Å². The van der Waals surface area contributed by atoms with Crippen LogP contribution < -0.4 is 5.32 Å². The van der Waals surface area contributed by atoms with E-state index in [1.54, 1.807) is 24.5 Å². The van der Waals surface area contributed by atoms with Crippen LogP contribution in [-0.2, 0) is 0 Å². The molecule has 16 heavy (non-hydrogen) atoms. The molecule has 0 aromatic carbocycles. The minimum Gasteiger partial charge on any atom is -0.396 e. The highest BCUT2D eigenvalue weighted by atomic mass is 16.3. The lowest BCUT2D eigenvalue weighted by atomic mass is 9.39. The van der Waals surface area contributed by atoms with Crippen LogP contribution in [-0.4, -0.2) is 28.1 Å². The average molecular weight is 218 g/mol. The second kappa shape index (κ2) is 3.04. The fourth-order valence-electron chi connectivity index (χ4n) is 3.11. The summed E-state index contributed by atoms with van der Waals surface area (Å²) in [5.41, 5.74) is 0.697. The molecule has 0 radical (unpaired) electrons. The Labute approximate surface area is 93.7 Å². The van der Waals surface area contributed by atoms with E-state index in [0.717, 1.165) is 19.3 Å². The molecule has 3 aliphatic carbocycles. The van der Waals surface area contributed by atoms with Crippen molar-refractivity contribution in [3.8, 4) is 0 Å². The summed E-state index contributed by atoms with van der Waals surface area (Å²) in [5.74, 6) is -0.0562. The first-order valence-corrected chi connectivity index (χ1v) is 5.51. The van der Waals surface area contributed by atoms with Crippen LogP contribution in [0, 0.1) is 5.41 Å². The monoisotopic (exact) mass is 218 g/mol. The lowest BCUT2D eigenvalue weighted by Gasteiger charge is -2.70. The van der Waals surface area contributed by atoms with Crippen molar-refractivity contribution in [1.29, 1.82) is 0 Å². The second-order valence-electron chi connectivity index (χ2n) is 5.16. The summed E-state index contributed by atoms with van der Waals surface area (Å²) in [7, 11) is 0. The maximum Gasteiger partial charge on any atom is 0.253 e. The van der Waals surface area contributed by atoms with Crippen LogP contribution in [0.3, 0.4) is 0 Å². The number of nitrogens with zero attached hydrogens (tertiary/aromatic N) is 1. The molecule has 1 aromatic heterocycles. The van der Waals surface area contributed by atoms with Gasteiger partial charge in [-0.25, -0.2) is 0 Å². The molecule has 3 fully saturated rings. The molecule has 0 saturated heterocycles. The van der Waals surface area contributed by atoms with E-state index >= 15 is 0 Å². The van der Waals surface area contributed by atoms with Gasteiger partial charge in [-0.15, -0.1) is 0 Å². The maximum absolute atomic E-state index is 11.9. The van der Waals surface area contributed by atoms with Crippen molar-refractivity contribution in [3.05, 3.63) is 30.1 Å². The van der Waals surface area contributed by atoms with Gasteiger partial charge in [0.2, 0.25) is 0 Å². The fourth-order valence-corrected chi connectivity index (χ4v) is 3.11. The third-order valence-electron chi connectivity index (χ3n) is 3.78. The molecule has 3 saturated carbocycles. The first-order chi connectivity index (χ1) is 7.67. The van der Waals surface area contributed by atoms with Crippen LogP contribution in [0.4, 0.5) is 0 Å². The lowest BCUT2D eigenvalue weighted by Crippen LogP contribution is -2.75. The zero-order valence-corrected chi connectivity index (χ0v) is 8.94. The number of aliphatic hydroxyl groups is 1. The summed E-state index contributed by atoms with van der Waals surface area (Å²) in [4.78, 5) is 15.8. The van der Waals surface area contributed by atoms with Gasteiger partial charge in [0.15, 0.2) is 0 Å². The first-order valence-electron chi connectivity index (χ1n) is 5.51. The molecular formula is C12H14N2O2. The van der Waals surface area contributed by atoms with Gasteiger partial charge in [-0.2, -0.15) is 0 Å². The van der Waals surface area contributed by atoms with Gasteiger partial charge in [0.05, 0.1) is 5.56 Å². The highest BCUT2D eigenvalue weighted by Gasteiger charge is 2.68. The Morgan fingerprint density at radius 3 is 2.81 bits per heavy atom. The Morgan fingerprint density at radius 2 is 2.25 bits per heavy atom. The summed E-state index contributed by atoms with van der Waals surface area (Å²) in [6, 6.07) is 3.52. The molecule has 4 heteroatoms. The number of carbonyl (C=O) groups excluding carboxylic acids is 1. The van der Waals surface area contributed by atoms with E-state index in [2.05, 4.69) is 10.3 Å². The summed E-state index contributed by atoms with van der Waals surface area (Å²) in [6.07, 6.45) is 5.98. The van der Waals surface area contributed by atoms with Gasteiger partial charge in [-0.05, 0) is 31.4 Å². The Bertz CT molecular complexity index is 410. The Hall–Kier alpha value is -1.42. The van der Waals surface area contributed by atoms with Crippen LogP contribution in [0.2, 0.25) is 0 Å². The molecule has 84 valence electrons. The van der Waals surface area contributed by atoms with Gasteiger partial charge < -0.3 is 10.4 Å². The van der Waals surface area contributed by atoms with Crippen LogP contribution in [0.15, 0.2) is 24.5 Å². The number of rotatable bonds is 3. The number of pyridine rings is 1. The van der Waals surface area contributed by atoms with Gasteiger partial charge in [-0.1, -0.05) is 0 Å². The highest BCUT2D eigenvalue weighted by Crippen LogP contribution is 2.66. The van der Waals surface area contributed by atoms with Crippen LogP contribution in [0.25, 0.3) is 0 Å². The Kier molecular flexibility index (Phi) is 1.86. The number of aromatic nitrogens is 1. The second-order valence-corrected chi connectivity index (χ2v) is 5.16. The quantitative estimate of drug-likeness (QED) is 0.786. The smallest absolute Gasteiger partial charge is 0.253 e. The zero-order chi connectivity index (χ0) is 11.2. The number of carbonyl (C=O) groups is 1. The SMILES string of the molecule is O=C(NC12CC(CO)(C1)C2)c1cccnc1. The maximum atomic E-state index is 11.9. The van der Waals surface area contributed by atoms with Crippen molar-refractivity contribution in [2.45, 2.75) is 24.8 Å². The molecule has 4 rings (SSSR count). The molecule has 0 unspecified atom stereocenters. The standard InChI is InChI=1S/C12H14N2O2/c15-8-11-5-12(6-11,7-11)14-10(16)9-2-1-3-13-4-9/h1-4,15H,5-8H2,(H,14,16). The van der Waals surface area contributed by atoms with Crippen molar-refractivity contribution in [1.82, 2.24) is 10.3 Å². The third kappa shape index (κ3) is 1.26. The van der Waals surface area contributed by atoms with Crippen molar-refractivity contribution in [2.75, 3.05) is 6.61 Å². The van der Waals surface area contributed by atoms with Crippen molar-refractivity contribution >= 4 is 5.91 Å². The summed E-state index contributed by atoms with van der Waals surface area (Å²) in [6.45, 7) is 0.248. The molecule has 1 aromatic rings. The normalized spacial score (nSPS) is 34.8. The van der Waals surface area contributed by atoms with E-state index in [-0.39, 0.29) is 23.5 Å². The molecule has 0 spiro atoms. The van der Waals surface area contributed by atoms with Crippen LogP contribution in [0.1, 0.15) is 29.6 Å². The minimum atomic E-state index is -0.0562. The Morgan fingerprint density at radius 1 is 1.50 bits per heavy atom. The highest BCUT2D eigenvalue weighted by molar-refractivity contribution is 5.94. The third-order valence-corrected chi connectivity index (χ3v) is 3.78. The largest absolute Gasteiger partial charge is 0.396 e. The molecule has 3 aliphatic rings. The minimum absolute atomic E-state index is 0.0321. The number of hydrogen-bond donors (Lipinski definition) is 2. The molecule has 0 atom stereocenters. The lowest BCUT2D eigenvalue weighted by molar-refractivity contribution is -0.172. The van der Waals surface area contributed by atoms with Gasteiger partial charge in [0.1, 0.15) is 0 Å². The van der Waals surface area contributed by atoms with Crippen molar-refractivity contribution in [2.24, 2.45) is 5.41 Å². The van der Waals surface area contributed by atoms with Gasteiger partial charge in [0, 0.05) is 30.0 Å². The van der Waals surface area contributed by atoms with Crippen LogP contribution >= 0.6 is 0 Å². The summed E-state index contributed by atoms with van der Waals surface area (Å²) < 4.78 is 0. The predicted octanol–water partition coefficient (Wildman–Crippen LogP) is 0.726.